The zero-order valence-electron chi connectivity index (χ0n) is 16.9. The molecule has 0 bridgehead atoms. The van der Waals surface area contributed by atoms with Gasteiger partial charge in [-0.2, -0.15) is 4.98 Å². The minimum absolute atomic E-state index is 0.0565. The number of nitrogens with zero attached hydrogens (tertiary/aromatic N) is 4. The van der Waals surface area contributed by atoms with E-state index in [0.717, 1.165) is 30.4 Å². The molecule has 2 aromatic heterocycles. The number of thiophene rings is 1. The van der Waals surface area contributed by atoms with Gasteiger partial charge < -0.3 is 9.42 Å². The Morgan fingerprint density at radius 1 is 1.31 bits per heavy atom. The molecule has 1 fully saturated rings. The largest absolute Gasteiger partial charge is 0.337 e. The van der Waals surface area contributed by atoms with Crippen LogP contribution in [0.2, 0.25) is 0 Å². The van der Waals surface area contributed by atoms with E-state index < -0.39 is 0 Å². The first-order chi connectivity index (χ1) is 14.1. The van der Waals surface area contributed by atoms with Crippen molar-refractivity contribution in [2.75, 3.05) is 20.1 Å². The standard InChI is InChI=1S/C22H26N4O2S/c1-16-5-3-11-26(13-16)14-17-7-9-18(10-8-17)22(27)25(2)15-20-23-21(24-28-20)19-6-4-12-29-19/h4,6-10,12,16H,3,5,11,13-15H2,1-2H3/t16-/m0/s1. The number of hydrogen-bond donors (Lipinski definition) is 0. The maximum Gasteiger partial charge on any atom is 0.254 e. The molecule has 7 heteroatoms. The molecule has 1 aliphatic heterocycles. The van der Waals surface area contributed by atoms with E-state index in [4.69, 9.17) is 4.52 Å². The number of hydrogen-bond acceptors (Lipinski definition) is 6. The second-order valence-corrected chi connectivity index (χ2v) is 8.78. The van der Waals surface area contributed by atoms with Gasteiger partial charge in [0.25, 0.3) is 5.91 Å². The van der Waals surface area contributed by atoms with E-state index in [0.29, 0.717) is 17.3 Å². The van der Waals surface area contributed by atoms with Crippen LogP contribution in [0.5, 0.6) is 0 Å². The van der Waals surface area contributed by atoms with Gasteiger partial charge >= 0.3 is 0 Å². The summed E-state index contributed by atoms with van der Waals surface area (Å²) >= 11 is 1.56. The molecule has 6 nitrogen and oxygen atoms in total. The summed E-state index contributed by atoms with van der Waals surface area (Å²) in [6.07, 6.45) is 2.59. The molecule has 0 N–H and O–H groups in total. The maximum atomic E-state index is 12.8. The lowest BCUT2D eigenvalue weighted by Crippen LogP contribution is -2.33. The lowest BCUT2D eigenvalue weighted by atomic mass is 9.99. The van der Waals surface area contributed by atoms with Crippen LogP contribution in [0.4, 0.5) is 0 Å². The second-order valence-electron chi connectivity index (χ2n) is 7.83. The number of rotatable bonds is 6. The van der Waals surface area contributed by atoms with Gasteiger partial charge in [-0.3, -0.25) is 9.69 Å². The SMILES string of the molecule is C[C@H]1CCCN(Cc2ccc(C(=O)N(C)Cc3nc(-c4cccs4)no3)cc2)C1. The third-order valence-electron chi connectivity index (χ3n) is 5.28. The van der Waals surface area contributed by atoms with Gasteiger partial charge in [0.2, 0.25) is 11.7 Å². The molecular weight excluding hydrogens is 384 g/mol. The molecule has 0 radical (unpaired) electrons. The highest BCUT2D eigenvalue weighted by Gasteiger charge is 2.18. The zero-order valence-corrected chi connectivity index (χ0v) is 17.7. The van der Waals surface area contributed by atoms with Gasteiger partial charge in [-0.1, -0.05) is 30.3 Å². The summed E-state index contributed by atoms with van der Waals surface area (Å²) in [6, 6.07) is 11.8. The number of aromatic nitrogens is 2. The predicted octanol–water partition coefficient (Wildman–Crippen LogP) is 4.30. The first kappa shape index (κ1) is 19.8. The molecule has 0 spiro atoms. The Bertz CT molecular complexity index is 936. The summed E-state index contributed by atoms with van der Waals surface area (Å²) in [5.74, 6) is 1.70. The number of carbonyl (C=O) groups is 1. The minimum Gasteiger partial charge on any atom is -0.337 e. The minimum atomic E-state index is -0.0565. The summed E-state index contributed by atoms with van der Waals surface area (Å²) in [5, 5.41) is 5.97. The molecule has 1 aromatic carbocycles. The van der Waals surface area contributed by atoms with Gasteiger partial charge in [-0.15, -0.1) is 11.3 Å². The molecule has 152 valence electrons. The third kappa shape index (κ3) is 4.92. The molecule has 1 amide bonds. The first-order valence-electron chi connectivity index (χ1n) is 10.0. The van der Waals surface area contributed by atoms with E-state index in [1.165, 1.54) is 18.4 Å². The molecule has 1 atom stereocenters. The van der Waals surface area contributed by atoms with E-state index in [1.807, 2.05) is 29.6 Å². The van der Waals surface area contributed by atoms with Crippen LogP contribution in [0.3, 0.4) is 0 Å². The monoisotopic (exact) mass is 410 g/mol. The number of benzene rings is 1. The Hall–Kier alpha value is -2.51. The molecular formula is C22H26N4O2S. The molecule has 0 aliphatic carbocycles. The van der Waals surface area contributed by atoms with E-state index in [-0.39, 0.29) is 12.5 Å². The number of likely N-dealkylation sites (tertiary alicyclic amines) is 1. The molecule has 29 heavy (non-hydrogen) atoms. The predicted molar refractivity (Wildman–Crippen MR) is 114 cm³/mol. The van der Waals surface area contributed by atoms with Gasteiger partial charge in [0.05, 0.1) is 11.4 Å². The maximum absolute atomic E-state index is 12.8. The van der Waals surface area contributed by atoms with Crippen molar-refractivity contribution in [1.29, 1.82) is 0 Å². The lowest BCUT2D eigenvalue weighted by Gasteiger charge is -2.30. The highest BCUT2D eigenvalue weighted by atomic mass is 32.1. The zero-order chi connectivity index (χ0) is 20.2. The molecule has 3 aromatic rings. The number of piperidine rings is 1. The fraction of sp³-hybridized carbons (Fsp3) is 0.409. The lowest BCUT2D eigenvalue weighted by molar-refractivity contribution is 0.0769. The van der Waals surface area contributed by atoms with Crippen LogP contribution in [0, 0.1) is 5.92 Å². The van der Waals surface area contributed by atoms with E-state index in [2.05, 4.69) is 34.1 Å². The first-order valence-corrected chi connectivity index (χ1v) is 10.9. The molecule has 4 rings (SSSR count). The average Bonchev–Trinajstić information content (AvgIpc) is 3.40. The molecule has 1 aliphatic rings. The van der Waals surface area contributed by atoms with Crippen molar-refractivity contribution in [2.45, 2.75) is 32.9 Å². The Morgan fingerprint density at radius 2 is 2.14 bits per heavy atom. The Balaban J connectivity index is 1.35. The van der Waals surface area contributed by atoms with E-state index in [1.54, 1.807) is 23.3 Å². The molecule has 0 unspecified atom stereocenters. The Kier molecular flexibility index (Phi) is 6.06. The highest BCUT2D eigenvalue weighted by Crippen LogP contribution is 2.22. The van der Waals surface area contributed by atoms with Crippen molar-refractivity contribution in [3.05, 3.63) is 58.8 Å². The van der Waals surface area contributed by atoms with Crippen molar-refractivity contribution in [2.24, 2.45) is 5.92 Å². The quantitative estimate of drug-likeness (QED) is 0.606. The second kappa shape index (κ2) is 8.88. The molecule has 0 saturated carbocycles. The van der Waals surface area contributed by atoms with Crippen molar-refractivity contribution in [3.8, 4) is 10.7 Å². The van der Waals surface area contributed by atoms with Crippen LogP contribution >= 0.6 is 11.3 Å². The fourth-order valence-corrected chi connectivity index (χ4v) is 4.41. The summed E-state index contributed by atoms with van der Waals surface area (Å²) in [6.45, 7) is 5.86. The van der Waals surface area contributed by atoms with Gasteiger partial charge in [0.1, 0.15) is 0 Å². The van der Waals surface area contributed by atoms with Crippen LogP contribution in [0.25, 0.3) is 10.7 Å². The number of amides is 1. The van der Waals surface area contributed by atoms with Gasteiger partial charge in [-0.05, 0) is 54.4 Å². The summed E-state index contributed by atoms with van der Waals surface area (Å²) in [7, 11) is 1.75. The van der Waals surface area contributed by atoms with Crippen LogP contribution < -0.4 is 0 Å². The van der Waals surface area contributed by atoms with Gasteiger partial charge in [0, 0.05) is 25.7 Å². The normalized spacial score (nSPS) is 17.4. The van der Waals surface area contributed by atoms with Crippen molar-refractivity contribution < 1.29 is 9.32 Å². The van der Waals surface area contributed by atoms with Crippen LogP contribution in [0.1, 0.15) is 41.6 Å². The Morgan fingerprint density at radius 3 is 2.86 bits per heavy atom. The van der Waals surface area contributed by atoms with Gasteiger partial charge in [-0.25, -0.2) is 0 Å². The fourth-order valence-electron chi connectivity index (χ4n) is 3.76. The van der Waals surface area contributed by atoms with Crippen molar-refractivity contribution in [1.82, 2.24) is 19.9 Å². The summed E-state index contributed by atoms with van der Waals surface area (Å²) < 4.78 is 5.30. The van der Waals surface area contributed by atoms with Gasteiger partial charge in [0.15, 0.2) is 0 Å². The van der Waals surface area contributed by atoms with Crippen LogP contribution in [-0.4, -0.2) is 46.0 Å². The smallest absolute Gasteiger partial charge is 0.254 e. The van der Waals surface area contributed by atoms with E-state index in [9.17, 15) is 4.79 Å². The summed E-state index contributed by atoms with van der Waals surface area (Å²) in [5.41, 5.74) is 1.91. The number of carbonyl (C=O) groups excluding carboxylic acids is 1. The Labute approximate surface area is 175 Å². The van der Waals surface area contributed by atoms with Crippen molar-refractivity contribution in [3.63, 3.8) is 0 Å². The van der Waals surface area contributed by atoms with Crippen molar-refractivity contribution >= 4 is 17.2 Å². The highest BCUT2D eigenvalue weighted by molar-refractivity contribution is 7.13. The topological polar surface area (TPSA) is 62.5 Å². The molecule has 1 saturated heterocycles. The summed E-state index contributed by atoms with van der Waals surface area (Å²) in [4.78, 5) is 22.2. The van der Waals surface area contributed by atoms with E-state index >= 15 is 0 Å². The van der Waals surface area contributed by atoms with Crippen LogP contribution in [-0.2, 0) is 13.1 Å². The van der Waals surface area contributed by atoms with Crippen LogP contribution in [0.15, 0.2) is 46.3 Å². The third-order valence-corrected chi connectivity index (χ3v) is 6.14. The average molecular weight is 411 g/mol. The molecule has 3 heterocycles.